The van der Waals surface area contributed by atoms with Crippen molar-refractivity contribution in [1.82, 2.24) is 20.3 Å². The minimum atomic E-state index is -1.89. The zero-order valence-corrected chi connectivity index (χ0v) is 14.8. The van der Waals surface area contributed by atoms with Crippen LogP contribution in [0, 0.1) is 0 Å². The zero-order valence-electron chi connectivity index (χ0n) is 14.8. The molecule has 148 valence electrons. The second kappa shape index (κ2) is 8.40. The molecule has 3 rings (SSSR count). The molecule has 0 spiro atoms. The Bertz CT molecular complexity index is 821. The first-order valence-corrected chi connectivity index (χ1v) is 8.53. The third-order valence-corrected chi connectivity index (χ3v) is 4.39. The summed E-state index contributed by atoms with van der Waals surface area (Å²) in [5.41, 5.74) is -1.56. The van der Waals surface area contributed by atoms with Gasteiger partial charge in [0.25, 0.3) is 11.8 Å². The van der Waals surface area contributed by atoms with Crippen molar-refractivity contribution in [3.05, 3.63) is 60.2 Å². The molecular weight excluding hydrogens is 368 g/mol. The molecule has 0 radical (unpaired) electrons. The Balaban J connectivity index is 1.56. The summed E-state index contributed by atoms with van der Waals surface area (Å²) in [6.07, 6.45) is 1.72. The van der Waals surface area contributed by atoms with Crippen molar-refractivity contribution < 1.29 is 29.7 Å². The Kier molecular flexibility index (Phi) is 5.95. The number of nitrogens with one attached hydrogen (secondary N) is 1. The minimum absolute atomic E-state index is 0.0974. The summed E-state index contributed by atoms with van der Waals surface area (Å²) < 4.78 is 5.35. The van der Waals surface area contributed by atoms with Crippen molar-refractivity contribution >= 4 is 11.8 Å². The Hall–Kier alpha value is -2.92. The number of ether oxygens (including phenoxy) is 1. The predicted octanol–water partition coefficient (Wildman–Crippen LogP) is -0.771. The Morgan fingerprint density at radius 3 is 2.71 bits per heavy atom. The van der Waals surface area contributed by atoms with E-state index in [1.54, 1.807) is 18.2 Å². The molecule has 2 amide bonds. The van der Waals surface area contributed by atoms with Gasteiger partial charge in [-0.1, -0.05) is 18.2 Å². The van der Waals surface area contributed by atoms with Gasteiger partial charge in [0.1, 0.15) is 23.5 Å². The maximum Gasteiger partial charge on any atom is 0.277 e. The van der Waals surface area contributed by atoms with Crippen LogP contribution in [0.25, 0.3) is 0 Å². The molecule has 10 heteroatoms. The molecule has 2 aromatic rings. The van der Waals surface area contributed by atoms with Gasteiger partial charge in [-0.05, 0) is 12.1 Å². The summed E-state index contributed by atoms with van der Waals surface area (Å²) in [6.45, 7) is -0.980. The van der Waals surface area contributed by atoms with Crippen molar-refractivity contribution in [3.8, 4) is 0 Å². The normalized spacial score (nSPS) is 24.0. The highest BCUT2D eigenvalue weighted by molar-refractivity contribution is 5.93. The summed E-state index contributed by atoms with van der Waals surface area (Å²) in [5.74, 6) is -1.23. The fourth-order valence-electron chi connectivity index (χ4n) is 2.84. The van der Waals surface area contributed by atoms with Crippen LogP contribution in [0.1, 0.15) is 20.8 Å². The van der Waals surface area contributed by atoms with Gasteiger partial charge in [-0.25, -0.2) is 10.0 Å². The van der Waals surface area contributed by atoms with Crippen LogP contribution in [0.15, 0.2) is 48.9 Å². The quantitative estimate of drug-likeness (QED) is 0.373. The SMILES string of the molecule is O=C(NC[C@H]1OC[C@@](O)(CN(O)C(=O)c2ccccc2)[C@@H]1O)c1cnccn1. The molecule has 1 aliphatic heterocycles. The van der Waals surface area contributed by atoms with Gasteiger partial charge in [0.15, 0.2) is 0 Å². The minimum Gasteiger partial charge on any atom is -0.387 e. The van der Waals surface area contributed by atoms with Crippen molar-refractivity contribution in [2.75, 3.05) is 19.7 Å². The van der Waals surface area contributed by atoms with E-state index < -0.39 is 36.2 Å². The number of aliphatic hydroxyl groups is 2. The average molecular weight is 388 g/mol. The monoisotopic (exact) mass is 388 g/mol. The van der Waals surface area contributed by atoms with Crippen LogP contribution in [0.5, 0.6) is 0 Å². The molecule has 1 fully saturated rings. The van der Waals surface area contributed by atoms with Crippen LogP contribution in [0.4, 0.5) is 0 Å². The average Bonchev–Trinajstić information content (AvgIpc) is 3.00. The van der Waals surface area contributed by atoms with Gasteiger partial charge < -0.3 is 20.3 Å². The van der Waals surface area contributed by atoms with E-state index in [-0.39, 0.29) is 24.4 Å². The van der Waals surface area contributed by atoms with Gasteiger partial charge in [0.05, 0.1) is 19.3 Å². The van der Waals surface area contributed by atoms with E-state index in [1.807, 2.05) is 0 Å². The maximum atomic E-state index is 12.2. The molecule has 2 heterocycles. The molecule has 0 aliphatic carbocycles. The number of hydrogen-bond donors (Lipinski definition) is 4. The highest BCUT2D eigenvalue weighted by atomic mass is 16.5. The number of aromatic nitrogens is 2. The van der Waals surface area contributed by atoms with Crippen molar-refractivity contribution in [3.63, 3.8) is 0 Å². The third kappa shape index (κ3) is 4.31. The van der Waals surface area contributed by atoms with E-state index in [1.165, 1.54) is 30.7 Å². The number of carbonyl (C=O) groups excluding carboxylic acids is 2. The molecule has 3 atom stereocenters. The number of benzene rings is 1. The molecule has 10 nitrogen and oxygen atoms in total. The first-order chi connectivity index (χ1) is 13.4. The van der Waals surface area contributed by atoms with Gasteiger partial charge in [-0.15, -0.1) is 0 Å². The Morgan fingerprint density at radius 2 is 2.04 bits per heavy atom. The number of hydroxylamine groups is 2. The number of amides is 2. The highest BCUT2D eigenvalue weighted by Gasteiger charge is 2.49. The van der Waals surface area contributed by atoms with E-state index in [0.717, 1.165) is 0 Å². The van der Waals surface area contributed by atoms with E-state index in [9.17, 15) is 25.0 Å². The molecule has 1 aromatic heterocycles. The lowest BCUT2D eigenvalue weighted by molar-refractivity contribution is -0.133. The third-order valence-electron chi connectivity index (χ3n) is 4.39. The molecule has 0 unspecified atom stereocenters. The van der Waals surface area contributed by atoms with Gasteiger partial charge in [-0.3, -0.25) is 19.8 Å². The molecular formula is C18H20N4O6. The molecule has 28 heavy (non-hydrogen) atoms. The summed E-state index contributed by atoms with van der Waals surface area (Å²) in [4.78, 5) is 31.8. The number of hydrogen-bond acceptors (Lipinski definition) is 8. The molecule has 0 bridgehead atoms. The first kappa shape index (κ1) is 19.8. The van der Waals surface area contributed by atoms with Gasteiger partial charge in [0.2, 0.25) is 0 Å². The molecule has 4 N–H and O–H groups in total. The molecule has 1 aliphatic rings. The van der Waals surface area contributed by atoms with E-state index >= 15 is 0 Å². The lowest BCUT2D eigenvalue weighted by atomic mass is 9.96. The largest absolute Gasteiger partial charge is 0.387 e. The number of carbonyl (C=O) groups is 2. The maximum absolute atomic E-state index is 12.2. The second-order valence-electron chi connectivity index (χ2n) is 6.43. The van der Waals surface area contributed by atoms with Gasteiger partial charge >= 0.3 is 0 Å². The lowest BCUT2D eigenvalue weighted by Crippen LogP contribution is -2.54. The lowest BCUT2D eigenvalue weighted by Gasteiger charge is -2.29. The van der Waals surface area contributed by atoms with Crippen molar-refractivity contribution in [2.45, 2.75) is 17.8 Å². The topological polar surface area (TPSA) is 145 Å². The van der Waals surface area contributed by atoms with Crippen LogP contribution in [0.3, 0.4) is 0 Å². The number of aliphatic hydroxyl groups excluding tert-OH is 1. The van der Waals surface area contributed by atoms with Gasteiger partial charge in [0, 0.05) is 24.5 Å². The molecule has 0 saturated carbocycles. The highest BCUT2D eigenvalue weighted by Crippen LogP contribution is 2.26. The summed E-state index contributed by atoms with van der Waals surface area (Å²) >= 11 is 0. The summed E-state index contributed by atoms with van der Waals surface area (Å²) in [7, 11) is 0. The number of rotatable bonds is 6. The fourth-order valence-corrected chi connectivity index (χ4v) is 2.84. The predicted molar refractivity (Wildman–Crippen MR) is 94.3 cm³/mol. The fraction of sp³-hybridized carbons (Fsp3) is 0.333. The van der Waals surface area contributed by atoms with E-state index in [2.05, 4.69) is 15.3 Å². The Labute approximate surface area is 160 Å². The van der Waals surface area contributed by atoms with Crippen molar-refractivity contribution in [2.24, 2.45) is 0 Å². The summed E-state index contributed by atoms with van der Waals surface area (Å²) in [6, 6.07) is 8.03. The first-order valence-electron chi connectivity index (χ1n) is 8.53. The van der Waals surface area contributed by atoms with Crippen LogP contribution in [-0.4, -0.2) is 79.8 Å². The van der Waals surface area contributed by atoms with Crippen LogP contribution in [0.2, 0.25) is 0 Å². The van der Waals surface area contributed by atoms with Crippen molar-refractivity contribution in [1.29, 1.82) is 0 Å². The summed E-state index contributed by atoms with van der Waals surface area (Å²) in [5, 5.41) is 33.9. The van der Waals surface area contributed by atoms with Crippen LogP contribution in [-0.2, 0) is 4.74 Å². The molecule has 1 saturated heterocycles. The van der Waals surface area contributed by atoms with Crippen LogP contribution < -0.4 is 5.32 Å². The molecule has 1 aromatic carbocycles. The van der Waals surface area contributed by atoms with E-state index in [0.29, 0.717) is 5.06 Å². The smallest absolute Gasteiger partial charge is 0.277 e. The number of nitrogens with zero attached hydrogens (tertiary/aromatic N) is 3. The van der Waals surface area contributed by atoms with Crippen LogP contribution >= 0.6 is 0 Å². The standard InChI is InChI=1S/C18H20N4O6/c23-15-14(9-21-16(24)13-8-19-6-7-20-13)28-11-18(15,26)10-22(27)17(25)12-4-2-1-3-5-12/h1-8,14-15,23,26-27H,9-11H2,(H,21,24)/t14-,15-,18+/m1/s1. The van der Waals surface area contributed by atoms with Gasteiger partial charge in [-0.2, -0.15) is 0 Å². The zero-order chi connectivity index (χ0) is 20.1. The second-order valence-corrected chi connectivity index (χ2v) is 6.43. The van der Waals surface area contributed by atoms with E-state index in [4.69, 9.17) is 4.74 Å². The Morgan fingerprint density at radius 1 is 1.29 bits per heavy atom.